The Hall–Kier alpha value is -2.80. The van der Waals surface area contributed by atoms with E-state index in [0.29, 0.717) is 0 Å². The number of carbonyl (C=O) groups excluding carboxylic acids is 1. The molecule has 0 bridgehead atoms. The number of benzene rings is 2. The zero-order valence-electron chi connectivity index (χ0n) is 15.5. The van der Waals surface area contributed by atoms with Crippen LogP contribution in [-0.2, 0) is 11.8 Å². The second kappa shape index (κ2) is 8.73. The first-order valence-corrected chi connectivity index (χ1v) is 9.64. The summed E-state index contributed by atoms with van der Waals surface area (Å²) in [6, 6.07) is 15.5. The molecule has 140 valence electrons. The molecule has 0 aliphatic heterocycles. The third kappa shape index (κ3) is 5.10. The molecule has 0 aliphatic rings. The number of imidazole rings is 1. The van der Waals surface area contributed by atoms with Gasteiger partial charge in [0.05, 0.1) is 29.1 Å². The molecule has 0 radical (unpaired) electrons. The number of aromatic nitrogens is 2. The van der Waals surface area contributed by atoms with Gasteiger partial charge in [-0.3, -0.25) is 4.79 Å². The fourth-order valence-corrected chi connectivity index (χ4v) is 3.31. The average Bonchev–Trinajstić information content (AvgIpc) is 2.96. The summed E-state index contributed by atoms with van der Waals surface area (Å²) in [5.74, 6) is 0.834. The number of nitrogens with zero attached hydrogens (tertiary/aromatic N) is 3. The SMILES string of the molecule is CC(C)Oc1cccc(/C=N\NC(=O)CSc2nc3ccccc3n2C)c1. The Morgan fingerprint density at radius 1 is 1.30 bits per heavy atom. The van der Waals surface area contributed by atoms with Crippen LogP contribution >= 0.6 is 11.8 Å². The lowest BCUT2D eigenvalue weighted by Crippen LogP contribution is -2.19. The van der Waals surface area contributed by atoms with Crippen molar-refractivity contribution in [2.75, 3.05) is 5.75 Å². The van der Waals surface area contributed by atoms with Crippen molar-refractivity contribution in [1.29, 1.82) is 0 Å². The van der Waals surface area contributed by atoms with Gasteiger partial charge in [-0.25, -0.2) is 10.4 Å². The summed E-state index contributed by atoms with van der Waals surface area (Å²) in [5.41, 5.74) is 5.37. The minimum Gasteiger partial charge on any atom is -0.491 e. The van der Waals surface area contributed by atoms with Crippen molar-refractivity contribution in [2.45, 2.75) is 25.1 Å². The van der Waals surface area contributed by atoms with Crippen LogP contribution in [0.15, 0.2) is 58.8 Å². The van der Waals surface area contributed by atoms with Gasteiger partial charge in [0.25, 0.3) is 5.91 Å². The third-order valence-electron chi connectivity index (χ3n) is 3.71. The Bertz CT molecular complexity index is 966. The summed E-state index contributed by atoms with van der Waals surface area (Å²) in [7, 11) is 1.94. The van der Waals surface area contributed by atoms with Gasteiger partial charge < -0.3 is 9.30 Å². The topological polar surface area (TPSA) is 68.5 Å². The standard InChI is InChI=1S/C20H22N4O2S/c1-14(2)26-16-8-6-7-15(11-16)12-21-23-19(25)13-27-20-22-17-9-4-5-10-18(17)24(20)3/h4-12,14H,13H2,1-3H3,(H,23,25)/b21-12-. The summed E-state index contributed by atoms with van der Waals surface area (Å²) in [5, 5.41) is 4.82. The molecule has 0 saturated heterocycles. The second-order valence-corrected chi connectivity index (χ2v) is 7.21. The van der Waals surface area contributed by atoms with Crippen molar-refractivity contribution in [2.24, 2.45) is 12.1 Å². The first-order chi connectivity index (χ1) is 13.0. The fraction of sp³-hybridized carbons (Fsp3) is 0.250. The summed E-state index contributed by atoms with van der Waals surface area (Å²) >= 11 is 1.38. The van der Waals surface area contributed by atoms with E-state index in [4.69, 9.17) is 4.74 Å². The zero-order valence-corrected chi connectivity index (χ0v) is 16.4. The average molecular weight is 382 g/mol. The minimum absolute atomic E-state index is 0.108. The number of hydrogen-bond acceptors (Lipinski definition) is 5. The highest BCUT2D eigenvalue weighted by Gasteiger charge is 2.09. The van der Waals surface area contributed by atoms with Gasteiger partial charge in [0.15, 0.2) is 5.16 Å². The smallest absolute Gasteiger partial charge is 0.250 e. The number of para-hydroxylation sites is 2. The Kier molecular flexibility index (Phi) is 6.13. The molecule has 3 aromatic rings. The minimum atomic E-state index is -0.183. The number of rotatable bonds is 7. The molecule has 3 rings (SSSR count). The predicted octanol–water partition coefficient (Wildman–Crippen LogP) is 3.60. The van der Waals surface area contributed by atoms with Crippen LogP contribution < -0.4 is 10.2 Å². The molecule has 0 atom stereocenters. The lowest BCUT2D eigenvalue weighted by Gasteiger charge is -2.09. The van der Waals surface area contributed by atoms with E-state index in [1.54, 1.807) is 6.21 Å². The first-order valence-electron chi connectivity index (χ1n) is 8.66. The number of ether oxygens (including phenoxy) is 1. The largest absolute Gasteiger partial charge is 0.491 e. The highest BCUT2D eigenvalue weighted by molar-refractivity contribution is 7.99. The quantitative estimate of drug-likeness (QED) is 0.385. The molecular weight excluding hydrogens is 360 g/mol. The Morgan fingerprint density at radius 2 is 2.11 bits per heavy atom. The van der Waals surface area contributed by atoms with E-state index < -0.39 is 0 Å². The van der Waals surface area contributed by atoms with Crippen LogP contribution in [0.5, 0.6) is 5.75 Å². The molecule has 7 heteroatoms. The second-order valence-electron chi connectivity index (χ2n) is 6.26. The van der Waals surface area contributed by atoms with Crippen molar-refractivity contribution < 1.29 is 9.53 Å². The van der Waals surface area contributed by atoms with Gasteiger partial charge in [-0.2, -0.15) is 5.10 Å². The van der Waals surface area contributed by atoms with E-state index in [-0.39, 0.29) is 17.8 Å². The number of aryl methyl sites for hydroxylation is 1. The van der Waals surface area contributed by atoms with E-state index in [1.165, 1.54) is 11.8 Å². The van der Waals surface area contributed by atoms with Gasteiger partial charge in [-0.05, 0) is 43.7 Å². The molecular formula is C20H22N4O2S. The monoisotopic (exact) mass is 382 g/mol. The van der Waals surface area contributed by atoms with Gasteiger partial charge in [0, 0.05) is 7.05 Å². The van der Waals surface area contributed by atoms with Crippen molar-refractivity contribution in [1.82, 2.24) is 15.0 Å². The Morgan fingerprint density at radius 3 is 2.89 bits per heavy atom. The van der Waals surface area contributed by atoms with E-state index in [1.807, 2.05) is 74.0 Å². The lowest BCUT2D eigenvalue weighted by atomic mass is 10.2. The molecule has 1 aromatic heterocycles. The number of amides is 1. The number of carbonyl (C=O) groups is 1. The van der Waals surface area contributed by atoms with Crippen molar-refractivity contribution in [3.8, 4) is 5.75 Å². The molecule has 0 spiro atoms. The number of nitrogens with one attached hydrogen (secondary N) is 1. The molecule has 27 heavy (non-hydrogen) atoms. The van der Waals surface area contributed by atoms with Crippen molar-refractivity contribution in [3.05, 3.63) is 54.1 Å². The fourth-order valence-electron chi connectivity index (χ4n) is 2.53. The number of hydrazone groups is 1. The number of hydrogen-bond donors (Lipinski definition) is 1. The summed E-state index contributed by atoms with van der Waals surface area (Å²) < 4.78 is 7.63. The highest BCUT2D eigenvalue weighted by Crippen LogP contribution is 2.22. The third-order valence-corrected chi connectivity index (χ3v) is 4.74. The molecule has 0 fully saturated rings. The van der Waals surface area contributed by atoms with E-state index >= 15 is 0 Å². The van der Waals surface area contributed by atoms with Crippen LogP contribution in [-0.4, -0.2) is 33.5 Å². The maximum Gasteiger partial charge on any atom is 0.250 e. The molecule has 0 unspecified atom stereocenters. The highest BCUT2D eigenvalue weighted by atomic mass is 32.2. The summed E-state index contributed by atoms with van der Waals surface area (Å²) in [6.07, 6.45) is 1.71. The van der Waals surface area contributed by atoms with Gasteiger partial charge in [-0.1, -0.05) is 36.0 Å². The van der Waals surface area contributed by atoms with E-state index in [0.717, 1.165) is 27.5 Å². The van der Waals surface area contributed by atoms with Gasteiger partial charge in [0.2, 0.25) is 0 Å². The normalized spacial score (nSPS) is 11.4. The number of thioether (sulfide) groups is 1. The first kappa shape index (κ1) is 19.0. The van der Waals surface area contributed by atoms with E-state index in [2.05, 4.69) is 15.5 Å². The molecule has 0 aliphatic carbocycles. The van der Waals surface area contributed by atoms with E-state index in [9.17, 15) is 4.79 Å². The van der Waals surface area contributed by atoms with Gasteiger partial charge in [-0.15, -0.1) is 0 Å². The molecule has 1 N–H and O–H groups in total. The van der Waals surface area contributed by atoms with Crippen LogP contribution in [0, 0.1) is 0 Å². The van der Waals surface area contributed by atoms with Crippen LogP contribution in [0.1, 0.15) is 19.4 Å². The molecule has 1 amide bonds. The summed E-state index contributed by atoms with van der Waals surface area (Å²) in [4.78, 5) is 16.6. The zero-order chi connectivity index (χ0) is 19.2. The molecule has 1 heterocycles. The predicted molar refractivity (Wildman–Crippen MR) is 109 cm³/mol. The maximum absolute atomic E-state index is 12.0. The van der Waals surface area contributed by atoms with Crippen LogP contribution in [0.3, 0.4) is 0 Å². The van der Waals surface area contributed by atoms with Crippen molar-refractivity contribution in [3.63, 3.8) is 0 Å². The van der Waals surface area contributed by atoms with Crippen LogP contribution in [0.4, 0.5) is 0 Å². The van der Waals surface area contributed by atoms with Crippen molar-refractivity contribution >= 4 is 34.9 Å². The number of fused-ring (bicyclic) bond motifs is 1. The van der Waals surface area contributed by atoms with Crippen LogP contribution in [0.25, 0.3) is 11.0 Å². The summed E-state index contributed by atoms with van der Waals surface area (Å²) in [6.45, 7) is 3.95. The van der Waals surface area contributed by atoms with Gasteiger partial charge >= 0.3 is 0 Å². The Labute approximate surface area is 162 Å². The molecule has 0 saturated carbocycles. The van der Waals surface area contributed by atoms with Crippen LogP contribution in [0.2, 0.25) is 0 Å². The maximum atomic E-state index is 12.0. The molecule has 2 aromatic carbocycles. The molecule has 6 nitrogen and oxygen atoms in total. The van der Waals surface area contributed by atoms with Gasteiger partial charge in [0.1, 0.15) is 5.75 Å². The Balaban J connectivity index is 1.53. The lowest BCUT2D eigenvalue weighted by molar-refractivity contribution is -0.118.